The first-order valence-electron chi connectivity index (χ1n) is 6.71. The Morgan fingerprint density at radius 1 is 1.42 bits per heavy atom. The molecule has 1 saturated heterocycles. The van der Waals surface area contributed by atoms with Gasteiger partial charge < -0.3 is 10.0 Å². The van der Waals surface area contributed by atoms with Crippen molar-refractivity contribution in [2.24, 2.45) is 11.8 Å². The normalized spacial score (nSPS) is 23.1. The van der Waals surface area contributed by atoms with E-state index in [1.165, 1.54) is 0 Å². The minimum absolute atomic E-state index is 0.148. The van der Waals surface area contributed by atoms with Crippen LogP contribution in [0.2, 0.25) is 0 Å². The van der Waals surface area contributed by atoms with Crippen LogP contribution in [0.4, 0.5) is 5.82 Å². The van der Waals surface area contributed by atoms with Crippen LogP contribution < -0.4 is 4.90 Å². The van der Waals surface area contributed by atoms with Gasteiger partial charge in [-0.05, 0) is 12.8 Å². The summed E-state index contributed by atoms with van der Waals surface area (Å²) in [4.78, 5) is 22.2. The van der Waals surface area contributed by atoms with Gasteiger partial charge in [0.05, 0.1) is 5.92 Å². The molecule has 1 aliphatic heterocycles. The highest BCUT2D eigenvalue weighted by Gasteiger charge is 2.35. The van der Waals surface area contributed by atoms with Gasteiger partial charge in [-0.2, -0.15) is 0 Å². The molecule has 1 aliphatic rings. The van der Waals surface area contributed by atoms with Gasteiger partial charge in [0.2, 0.25) is 0 Å². The van der Waals surface area contributed by atoms with E-state index in [0.29, 0.717) is 6.54 Å². The second-order valence-corrected chi connectivity index (χ2v) is 5.71. The summed E-state index contributed by atoms with van der Waals surface area (Å²) in [6.07, 6.45) is 0. The molecule has 5 nitrogen and oxygen atoms in total. The molecule has 1 aromatic rings. The van der Waals surface area contributed by atoms with Crippen LogP contribution in [0.1, 0.15) is 38.2 Å². The molecule has 0 bridgehead atoms. The number of aromatic nitrogens is 2. The van der Waals surface area contributed by atoms with Crippen molar-refractivity contribution in [3.8, 4) is 0 Å². The number of rotatable bonds is 3. The van der Waals surface area contributed by atoms with Crippen molar-refractivity contribution in [1.29, 1.82) is 0 Å². The number of carboxylic acids is 1. The lowest BCUT2D eigenvalue weighted by atomic mass is 9.99. The molecule has 104 valence electrons. The molecule has 0 unspecified atom stereocenters. The van der Waals surface area contributed by atoms with E-state index >= 15 is 0 Å². The Hall–Kier alpha value is -1.65. The van der Waals surface area contributed by atoms with E-state index in [4.69, 9.17) is 0 Å². The van der Waals surface area contributed by atoms with Crippen molar-refractivity contribution in [3.05, 3.63) is 17.6 Å². The third-order valence-electron chi connectivity index (χ3n) is 3.63. The summed E-state index contributed by atoms with van der Waals surface area (Å²) in [5.41, 5.74) is 0.931. The lowest BCUT2D eigenvalue weighted by molar-refractivity contribution is -0.142. The number of anilines is 1. The first kappa shape index (κ1) is 13.8. The van der Waals surface area contributed by atoms with Crippen LogP contribution in [0.5, 0.6) is 0 Å². The molecule has 2 atom stereocenters. The zero-order chi connectivity index (χ0) is 14.2. The van der Waals surface area contributed by atoms with Crippen molar-refractivity contribution in [2.75, 3.05) is 18.0 Å². The minimum atomic E-state index is -0.718. The van der Waals surface area contributed by atoms with E-state index in [9.17, 15) is 9.90 Å². The molecule has 0 aromatic carbocycles. The highest BCUT2D eigenvalue weighted by atomic mass is 16.4. The van der Waals surface area contributed by atoms with Gasteiger partial charge in [-0.15, -0.1) is 0 Å². The summed E-state index contributed by atoms with van der Waals surface area (Å²) in [6.45, 7) is 9.33. The van der Waals surface area contributed by atoms with Crippen molar-refractivity contribution < 1.29 is 9.90 Å². The fourth-order valence-corrected chi connectivity index (χ4v) is 2.47. The van der Waals surface area contributed by atoms with Crippen molar-refractivity contribution in [3.63, 3.8) is 0 Å². The van der Waals surface area contributed by atoms with E-state index < -0.39 is 5.97 Å². The molecule has 2 heterocycles. The lowest BCUT2D eigenvalue weighted by Gasteiger charge is -2.19. The number of hydrogen-bond donors (Lipinski definition) is 1. The van der Waals surface area contributed by atoms with Gasteiger partial charge in [0.1, 0.15) is 11.6 Å². The van der Waals surface area contributed by atoms with Gasteiger partial charge in [0.25, 0.3) is 0 Å². The van der Waals surface area contributed by atoms with Crippen LogP contribution in [-0.2, 0) is 4.79 Å². The van der Waals surface area contributed by atoms with Gasteiger partial charge in [0.15, 0.2) is 0 Å². The molecule has 19 heavy (non-hydrogen) atoms. The molecular weight excluding hydrogens is 242 g/mol. The average molecular weight is 263 g/mol. The SMILES string of the molecule is Cc1cc(N2C[C@@H](C)[C@H](C(=O)O)C2)nc(C(C)C)n1. The van der Waals surface area contributed by atoms with E-state index in [-0.39, 0.29) is 17.8 Å². The quantitative estimate of drug-likeness (QED) is 0.904. The predicted octanol–water partition coefficient (Wildman–Crippen LogP) is 2.07. The van der Waals surface area contributed by atoms with E-state index in [0.717, 1.165) is 23.9 Å². The van der Waals surface area contributed by atoms with E-state index in [1.807, 2.05) is 19.9 Å². The largest absolute Gasteiger partial charge is 0.481 e. The average Bonchev–Trinajstić information content (AvgIpc) is 2.70. The fourth-order valence-electron chi connectivity index (χ4n) is 2.47. The van der Waals surface area contributed by atoms with Gasteiger partial charge in [-0.3, -0.25) is 4.79 Å². The molecule has 0 spiro atoms. The maximum Gasteiger partial charge on any atom is 0.308 e. The number of aryl methyl sites for hydroxylation is 1. The summed E-state index contributed by atoms with van der Waals surface area (Å²) >= 11 is 0. The van der Waals surface area contributed by atoms with Gasteiger partial charge in [-0.25, -0.2) is 9.97 Å². The maximum absolute atomic E-state index is 11.2. The Balaban J connectivity index is 2.26. The third-order valence-corrected chi connectivity index (χ3v) is 3.63. The topological polar surface area (TPSA) is 66.3 Å². The van der Waals surface area contributed by atoms with Crippen molar-refractivity contribution in [2.45, 2.75) is 33.6 Å². The first-order valence-corrected chi connectivity index (χ1v) is 6.71. The number of carboxylic acid groups (broad SMARTS) is 1. The molecule has 2 rings (SSSR count). The second kappa shape index (κ2) is 5.15. The lowest BCUT2D eigenvalue weighted by Crippen LogP contribution is -2.24. The third kappa shape index (κ3) is 2.85. The van der Waals surface area contributed by atoms with Gasteiger partial charge in [0, 0.05) is 30.8 Å². The van der Waals surface area contributed by atoms with Crippen LogP contribution >= 0.6 is 0 Å². The van der Waals surface area contributed by atoms with Crippen LogP contribution in [0, 0.1) is 18.8 Å². The zero-order valence-electron chi connectivity index (χ0n) is 11.9. The Kier molecular flexibility index (Phi) is 3.73. The van der Waals surface area contributed by atoms with Gasteiger partial charge in [-0.1, -0.05) is 20.8 Å². The van der Waals surface area contributed by atoms with Crippen molar-refractivity contribution in [1.82, 2.24) is 9.97 Å². The Morgan fingerprint density at radius 3 is 2.63 bits per heavy atom. The molecule has 1 fully saturated rings. The van der Waals surface area contributed by atoms with Crippen molar-refractivity contribution >= 4 is 11.8 Å². The Morgan fingerprint density at radius 2 is 2.11 bits per heavy atom. The summed E-state index contributed by atoms with van der Waals surface area (Å²) in [5.74, 6) is 1.07. The standard InChI is InChI=1S/C14H21N3O2/c1-8(2)13-15-10(4)5-12(16-13)17-6-9(3)11(7-17)14(18)19/h5,8-9,11H,6-7H2,1-4H3,(H,18,19)/t9-,11-/m1/s1. The molecule has 0 saturated carbocycles. The Labute approximate surface area is 113 Å². The summed E-state index contributed by atoms with van der Waals surface area (Å²) in [5, 5.41) is 9.19. The number of hydrogen-bond acceptors (Lipinski definition) is 4. The maximum atomic E-state index is 11.2. The molecule has 5 heteroatoms. The smallest absolute Gasteiger partial charge is 0.308 e. The predicted molar refractivity (Wildman–Crippen MR) is 73.4 cm³/mol. The number of aliphatic carboxylic acids is 1. The van der Waals surface area contributed by atoms with Crippen LogP contribution in [0.25, 0.3) is 0 Å². The van der Waals surface area contributed by atoms with E-state index in [2.05, 4.69) is 28.7 Å². The molecule has 0 aliphatic carbocycles. The fraction of sp³-hybridized carbons (Fsp3) is 0.643. The number of carbonyl (C=O) groups is 1. The molecule has 1 N–H and O–H groups in total. The van der Waals surface area contributed by atoms with E-state index in [1.54, 1.807) is 0 Å². The summed E-state index contributed by atoms with van der Waals surface area (Å²) in [7, 11) is 0. The molecule has 1 aromatic heterocycles. The van der Waals surface area contributed by atoms with Crippen LogP contribution in [0.3, 0.4) is 0 Å². The highest BCUT2D eigenvalue weighted by molar-refractivity contribution is 5.72. The minimum Gasteiger partial charge on any atom is -0.481 e. The van der Waals surface area contributed by atoms with Crippen LogP contribution in [0.15, 0.2) is 6.07 Å². The molecule has 0 radical (unpaired) electrons. The van der Waals surface area contributed by atoms with Crippen LogP contribution in [-0.4, -0.2) is 34.1 Å². The zero-order valence-corrected chi connectivity index (χ0v) is 11.9. The monoisotopic (exact) mass is 263 g/mol. The number of nitrogens with zero attached hydrogens (tertiary/aromatic N) is 3. The highest BCUT2D eigenvalue weighted by Crippen LogP contribution is 2.28. The first-order chi connectivity index (χ1) is 8.88. The Bertz CT molecular complexity index is 488. The molecule has 0 amide bonds. The summed E-state index contributed by atoms with van der Waals surface area (Å²) < 4.78 is 0. The molecular formula is C14H21N3O2. The van der Waals surface area contributed by atoms with Gasteiger partial charge >= 0.3 is 5.97 Å². The second-order valence-electron chi connectivity index (χ2n) is 5.71. The summed E-state index contributed by atoms with van der Waals surface area (Å²) in [6, 6.07) is 1.93.